The predicted molar refractivity (Wildman–Crippen MR) is 105 cm³/mol. The van der Waals surface area contributed by atoms with Crippen molar-refractivity contribution in [1.29, 1.82) is 0 Å². The number of halogens is 3. The van der Waals surface area contributed by atoms with Crippen LogP contribution in [0.3, 0.4) is 0 Å². The number of nitrogens with zero attached hydrogens (tertiary/aromatic N) is 1. The summed E-state index contributed by atoms with van der Waals surface area (Å²) in [6.07, 6.45) is 4.12. The fraction of sp³-hybridized carbons (Fsp3) is 0.550. The number of thiocarbonyl (C=S) groups is 1. The van der Waals surface area contributed by atoms with Gasteiger partial charge in [-0.15, -0.1) is 0 Å². The highest BCUT2D eigenvalue weighted by atomic mass is 32.1. The zero-order valence-corrected chi connectivity index (χ0v) is 16.3. The van der Waals surface area contributed by atoms with Gasteiger partial charge in [0.05, 0.1) is 11.3 Å². The molecule has 3 aliphatic rings. The second kappa shape index (κ2) is 7.55. The normalized spacial score (nSPS) is 22.2. The highest BCUT2D eigenvalue weighted by Gasteiger charge is 2.39. The van der Waals surface area contributed by atoms with E-state index < -0.39 is 17.3 Å². The molecular formula is C20H24F3N3OS. The van der Waals surface area contributed by atoms with Crippen molar-refractivity contribution < 1.29 is 18.0 Å². The molecule has 4 rings (SSSR count). The third-order valence-corrected chi connectivity index (χ3v) is 6.25. The molecule has 2 heterocycles. The first-order chi connectivity index (χ1) is 13.3. The lowest BCUT2D eigenvalue weighted by Crippen LogP contribution is -2.51. The highest BCUT2D eigenvalue weighted by molar-refractivity contribution is 7.80. The quantitative estimate of drug-likeness (QED) is 0.713. The molecule has 2 fully saturated rings. The molecule has 0 atom stereocenters. The van der Waals surface area contributed by atoms with Gasteiger partial charge in [0.2, 0.25) is 0 Å². The van der Waals surface area contributed by atoms with Crippen LogP contribution in [-0.2, 0) is 11.0 Å². The number of hydrogen-bond donors (Lipinski definition) is 2. The van der Waals surface area contributed by atoms with Gasteiger partial charge in [0.1, 0.15) is 5.60 Å². The number of piperidine rings is 1. The monoisotopic (exact) mass is 411 g/mol. The highest BCUT2D eigenvalue weighted by Crippen LogP contribution is 2.36. The SMILES string of the molecule is FC(F)(F)c1ccc(C2=CC3(CCN(C(=S)NC4CCCC4)CC3)ON2)cc1. The molecule has 28 heavy (non-hydrogen) atoms. The maximum Gasteiger partial charge on any atom is 0.416 e. The molecule has 1 aromatic carbocycles. The van der Waals surface area contributed by atoms with Crippen LogP contribution in [0.1, 0.15) is 49.7 Å². The van der Waals surface area contributed by atoms with E-state index in [0.29, 0.717) is 17.3 Å². The van der Waals surface area contributed by atoms with Gasteiger partial charge in [-0.1, -0.05) is 25.0 Å². The fourth-order valence-corrected chi connectivity index (χ4v) is 4.48. The van der Waals surface area contributed by atoms with Crippen LogP contribution in [0.4, 0.5) is 13.2 Å². The molecule has 0 aromatic heterocycles. The number of rotatable bonds is 2. The molecular weight excluding hydrogens is 387 g/mol. The lowest BCUT2D eigenvalue weighted by atomic mass is 9.90. The van der Waals surface area contributed by atoms with E-state index in [1.54, 1.807) is 0 Å². The van der Waals surface area contributed by atoms with Crippen molar-refractivity contribution in [3.63, 3.8) is 0 Å². The van der Waals surface area contributed by atoms with Crippen LogP contribution >= 0.6 is 12.2 Å². The molecule has 0 radical (unpaired) electrons. The lowest BCUT2D eigenvalue weighted by Gasteiger charge is -2.38. The number of benzene rings is 1. The van der Waals surface area contributed by atoms with Crippen molar-refractivity contribution in [3.8, 4) is 0 Å². The molecule has 8 heteroatoms. The molecule has 0 unspecified atom stereocenters. The van der Waals surface area contributed by atoms with Gasteiger partial charge in [-0.2, -0.15) is 13.2 Å². The van der Waals surface area contributed by atoms with Gasteiger partial charge in [-0.05, 0) is 48.8 Å². The third-order valence-electron chi connectivity index (χ3n) is 5.87. The van der Waals surface area contributed by atoms with E-state index in [9.17, 15) is 13.2 Å². The van der Waals surface area contributed by atoms with Crippen LogP contribution in [0, 0.1) is 0 Å². The van der Waals surface area contributed by atoms with Gasteiger partial charge < -0.3 is 10.2 Å². The van der Waals surface area contributed by atoms with Gasteiger partial charge in [0.25, 0.3) is 0 Å². The molecule has 1 spiro atoms. The first-order valence-electron chi connectivity index (χ1n) is 9.75. The van der Waals surface area contributed by atoms with Gasteiger partial charge in [0.15, 0.2) is 5.11 Å². The van der Waals surface area contributed by atoms with Crippen molar-refractivity contribution >= 4 is 23.0 Å². The number of likely N-dealkylation sites (tertiary alicyclic amines) is 1. The van der Waals surface area contributed by atoms with E-state index in [4.69, 9.17) is 17.1 Å². The van der Waals surface area contributed by atoms with Crippen molar-refractivity contribution in [1.82, 2.24) is 15.7 Å². The van der Waals surface area contributed by atoms with Crippen LogP contribution in [0.25, 0.3) is 5.70 Å². The van der Waals surface area contributed by atoms with Crippen molar-refractivity contribution in [2.45, 2.75) is 56.3 Å². The van der Waals surface area contributed by atoms with Gasteiger partial charge in [0, 0.05) is 32.0 Å². The first-order valence-corrected chi connectivity index (χ1v) is 10.2. The lowest BCUT2D eigenvalue weighted by molar-refractivity contribution is -0.137. The van der Waals surface area contributed by atoms with Crippen molar-refractivity contribution in [2.75, 3.05) is 13.1 Å². The Morgan fingerprint density at radius 1 is 1.14 bits per heavy atom. The average Bonchev–Trinajstić information content (AvgIpc) is 3.32. The van der Waals surface area contributed by atoms with Crippen LogP contribution in [0.2, 0.25) is 0 Å². The summed E-state index contributed by atoms with van der Waals surface area (Å²) in [6.45, 7) is 1.58. The largest absolute Gasteiger partial charge is 0.416 e. The summed E-state index contributed by atoms with van der Waals surface area (Å²) >= 11 is 5.57. The molecule has 1 saturated carbocycles. The maximum absolute atomic E-state index is 12.7. The topological polar surface area (TPSA) is 36.5 Å². The Morgan fingerprint density at radius 3 is 2.39 bits per heavy atom. The maximum atomic E-state index is 12.7. The van der Waals surface area contributed by atoms with Crippen LogP contribution in [-0.4, -0.2) is 34.7 Å². The minimum atomic E-state index is -4.33. The Labute approximate surface area is 168 Å². The minimum absolute atomic E-state index is 0.433. The Bertz CT molecular complexity index is 749. The molecule has 2 N–H and O–H groups in total. The fourth-order valence-electron chi connectivity index (χ4n) is 4.13. The summed E-state index contributed by atoms with van der Waals surface area (Å²) in [7, 11) is 0. The molecule has 2 aliphatic heterocycles. The van der Waals surface area contributed by atoms with Crippen LogP contribution in [0.15, 0.2) is 30.3 Å². The summed E-state index contributed by atoms with van der Waals surface area (Å²) in [6, 6.07) is 5.63. The molecule has 1 aromatic rings. The van der Waals surface area contributed by atoms with Crippen LogP contribution in [0.5, 0.6) is 0 Å². The molecule has 1 aliphatic carbocycles. The Morgan fingerprint density at radius 2 is 1.79 bits per heavy atom. The number of nitrogens with one attached hydrogen (secondary N) is 2. The summed E-state index contributed by atoms with van der Waals surface area (Å²) in [4.78, 5) is 8.04. The Kier molecular flexibility index (Phi) is 5.26. The Balaban J connectivity index is 1.37. The standard InChI is InChI=1S/C20H24F3N3OS/c21-20(22,23)15-7-5-14(6-8-15)17-13-19(27-25-17)9-11-26(12-10-19)18(28)24-16-3-1-2-4-16/h5-8,13,16,25H,1-4,9-12H2,(H,24,28). The first kappa shape index (κ1) is 19.5. The van der Waals surface area contributed by atoms with Gasteiger partial charge >= 0.3 is 6.18 Å². The Hall–Kier alpha value is -1.80. The molecule has 4 nitrogen and oxygen atoms in total. The molecule has 1 saturated heterocycles. The summed E-state index contributed by atoms with van der Waals surface area (Å²) in [5, 5.41) is 4.29. The van der Waals surface area contributed by atoms with Crippen molar-refractivity contribution in [3.05, 3.63) is 41.5 Å². The summed E-state index contributed by atoms with van der Waals surface area (Å²) in [5.74, 6) is 0. The van der Waals surface area contributed by atoms with E-state index in [2.05, 4.69) is 15.7 Å². The summed E-state index contributed by atoms with van der Waals surface area (Å²) in [5.41, 5.74) is 3.23. The van der Waals surface area contributed by atoms with E-state index in [1.165, 1.54) is 37.8 Å². The van der Waals surface area contributed by atoms with E-state index in [1.807, 2.05) is 6.08 Å². The van der Waals surface area contributed by atoms with E-state index in [0.717, 1.165) is 43.2 Å². The zero-order chi connectivity index (χ0) is 19.8. The molecule has 0 amide bonds. The average molecular weight is 411 g/mol. The zero-order valence-electron chi connectivity index (χ0n) is 15.5. The van der Waals surface area contributed by atoms with E-state index >= 15 is 0 Å². The molecule has 0 bridgehead atoms. The smallest absolute Gasteiger partial charge is 0.360 e. The van der Waals surface area contributed by atoms with E-state index in [-0.39, 0.29) is 0 Å². The number of hydroxylamine groups is 1. The third kappa shape index (κ3) is 4.12. The molecule has 152 valence electrons. The summed E-state index contributed by atoms with van der Waals surface area (Å²) < 4.78 is 38.2. The minimum Gasteiger partial charge on any atom is -0.360 e. The number of hydrogen-bond acceptors (Lipinski definition) is 3. The van der Waals surface area contributed by atoms with Crippen molar-refractivity contribution in [2.24, 2.45) is 0 Å². The van der Waals surface area contributed by atoms with Gasteiger partial charge in [-0.25, -0.2) is 0 Å². The van der Waals surface area contributed by atoms with Gasteiger partial charge in [-0.3, -0.25) is 10.3 Å². The number of alkyl halides is 3. The van der Waals surface area contributed by atoms with Crippen LogP contribution < -0.4 is 10.8 Å². The second-order valence-corrected chi connectivity index (χ2v) is 8.21. The second-order valence-electron chi connectivity index (χ2n) is 7.82. The predicted octanol–water partition coefficient (Wildman–Crippen LogP) is 4.23.